The highest BCUT2D eigenvalue weighted by Crippen LogP contribution is 2.23. The fourth-order valence-corrected chi connectivity index (χ4v) is 3.07. The van der Waals surface area contributed by atoms with Crippen molar-refractivity contribution in [1.29, 1.82) is 0 Å². The third-order valence-electron chi connectivity index (χ3n) is 4.54. The molecule has 1 aromatic carbocycles. The summed E-state index contributed by atoms with van der Waals surface area (Å²) in [6, 6.07) is 7.11. The molecule has 1 aromatic heterocycles. The minimum atomic E-state index is -0.417. The molecule has 0 aliphatic carbocycles. The van der Waals surface area contributed by atoms with Crippen molar-refractivity contribution in [1.82, 2.24) is 19.9 Å². The van der Waals surface area contributed by atoms with E-state index >= 15 is 0 Å². The van der Waals surface area contributed by atoms with Crippen LogP contribution in [0, 0.1) is 12.3 Å². The van der Waals surface area contributed by atoms with Crippen LogP contribution in [-0.4, -0.2) is 57.9 Å². The number of piperazine rings is 1. The maximum Gasteiger partial charge on any atom is 0.257 e. The molecule has 1 fully saturated rings. The second kappa shape index (κ2) is 8.00. The van der Waals surface area contributed by atoms with Crippen LogP contribution in [0.4, 0.5) is 0 Å². The number of rotatable bonds is 4. The normalized spacial score (nSPS) is 14.9. The third-order valence-corrected chi connectivity index (χ3v) is 4.54. The first kappa shape index (κ1) is 19.9. The number of hydrogen-bond acceptors (Lipinski definition) is 6. The number of para-hydroxylation sites is 1. The summed E-state index contributed by atoms with van der Waals surface area (Å²) < 4.78 is 10.7. The summed E-state index contributed by atoms with van der Waals surface area (Å²) in [7, 11) is 0. The van der Waals surface area contributed by atoms with E-state index in [0.717, 1.165) is 0 Å². The van der Waals surface area contributed by atoms with Gasteiger partial charge in [0, 0.05) is 38.5 Å². The topological polar surface area (TPSA) is 88.8 Å². The number of carbonyl (C=O) groups is 2. The van der Waals surface area contributed by atoms with Crippen molar-refractivity contribution in [3.63, 3.8) is 0 Å². The predicted octanol–water partition coefficient (Wildman–Crippen LogP) is 2.29. The van der Waals surface area contributed by atoms with Crippen LogP contribution in [-0.2, 0) is 11.4 Å². The molecule has 28 heavy (non-hydrogen) atoms. The Morgan fingerprint density at radius 3 is 2.36 bits per heavy atom. The number of aryl methyl sites for hydroxylation is 1. The molecule has 1 aliphatic heterocycles. The molecule has 8 heteroatoms. The molecule has 8 nitrogen and oxygen atoms in total. The quantitative estimate of drug-likeness (QED) is 0.801. The van der Waals surface area contributed by atoms with Gasteiger partial charge in [-0.3, -0.25) is 9.59 Å². The van der Waals surface area contributed by atoms with Crippen LogP contribution in [0.25, 0.3) is 0 Å². The van der Waals surface area contributed by atoms with Gasteiger partial charge in [-0.15, -0.1) is 0 Å². The second-order valence-corrected chi connectivity index (χ2v) is 7.85. The van der Waals surface area contributed by atoms with Crippen molar-refractivity contribution in [3.05, 3.63) is 41.5 Å². The van der Waals surface area contributed by atoms with Gasteiger partial charge in [0.05, 0.1) is 5.56 Å². The summed E-state index contributed by atoms with van der Waals surface area (Å²) in [5.74, 6) is 1.37. The lowest BCUT2D eigenvalue weighted by Crippen LogP contribution is -2.53. The van der Waals surface area contributed by atoms with Gasteiger partial charge in [-0.05, 0) is 12.1 Å². The molecule has 0 saturated carbocycles. The van der Waals surface area contributed by atoms with E-state index in [-0.39, 0.29) is 18.4 Å². The number of benzene rings is 1. The van der Waals surface area contributed by atoms with Crippen LogP contribution >= 0.6 is 0 Å². The van der Waals surface area contributed by atoms with Gasteiger partial charge >= 0.3 is 0 Å². The van der Waals surface area contributed by atoms with Gasteiger partial charge < -0.3 is 19.1 Å². The van der Waals surface area contributed by atoms with E-state index in [1.807, 2.05) is 31.7 Å². The van der Waals surface area contributed by atoms with Gasteiger partial charge in [0.1, 0.15) is 5.75 Å². The minimum absolute atomic E-state index is 0.109. The predicted molar refractivity (Wildman–Crippen MR) is 102 cm³/mol. The van der Waals surface area contributed by atoms with Crippen molar-refractivity contribution in [2.45, 2.75) is 34.3 Å². The minimum Gasteiger partial charge on any atom is -0.485 e. The smallest absolute Gasteiger partial charge is 0.257 e. The molecular weight excluding hydrogens is 360 g/mol. The molecule has 1 aliphatic rings. The van der Waals surface area contributed by atoms with Gasteiger partial charge in [0.15, 0.2) is 6.61 Å². The highest BCUT2D eigenvalue weighted by atomic mass is 16.5. The van der Waals surface area contributed by atoms with Gasteiger partial charge in [0.2, 0.25) is 17.6 Å². The van der Waals surface area contributed by atoms with E-state index in [0.29, 0.717) is 49.2 Å². The fourth-order valence-electron chi connectivity index (χ4n) is 3.07. The monoisotopic (exact) mass is 386 g/mol. The average Bonchev–Trinajstić information content (AvgIpc) is 3.10. The first-order valence-corrected chi connectivity index (χ1v) is 9.35. The van der Waals surface area contributed by atoms with Crippen molar-refractivity contribution >= 4 is 11.8 Å². The van der Waals surface area contributed by atoms with Crippen LogP contribution in [0.1, 0.15) is 42.8 Å². The molecule has 3 rings (SSSR count). The summed E-state index contributed by atoms with van der Waals surface area (Å²) in [5, 5.41) is 3.80. The largest absolute Gasteiger partial charge is 0.485 e. The average molecular weight is 386 g/mol. The Morgan fingerprint density at radius 1 is 1.11 bits per heavy atom. The summed E-state index contributed by atoms with van der Waals surface area (Å²) >= 11 is 0. The van der Waals surface area contributed by atoms with E-state index in [1.165, 1.54) is 0 Å². The number of hydrogen-bond donors (Lipinski definition) is 0. The molecule has 0 atom stereocenters. The molecule has 2 heterocycles. The van der Waals surface area contributed by atoms with Gasteiger partial charge in [-0.1, -0.05) is 38.1 Å². The molecule has 0 radical (unpaired) electrons. The molecule has 1 saturated heterocycles. The van der Waals surface area contributed by atoms with E-state index in [9.17, 15) is 9.59 Å². The summed E-state index contributed by atoms with van der Waals surface area (Å²) in [4.78, 5) is 33.1. The fraction of sp³-hybridized carbons (Fsp3) is 0.500. The van der Waals surface area contributed by atoms with Crippen LogP contribution < -0.4 is 4.74 Å². The number of aromatic nitrogens is 2. The SMILES string of the molecule is Cc1nc(COc2ccccc2C(=O)N2CCN(C(=O)C(C)(C)C)CC2)no1. The Bertz CT molecular complexity index is 848. The highest BCUT2D eigenvalue weighted by Gasteiger charge is 2.31. The van der Waals surface area contributed by atoms with Gasteiger partial charge in [-0.2, -0.15) is 4.98 Å². The van der Waals surface area contributed by atoms with E-state index in [2.05, 4.69) is 10.1 Å². The number of ether oxygens (including phenoxy) is 1. The Labute approximate surface area is 164 Å². The lowest BCUT2D eigenvalue weighted by Gasteiger charge is -2.37. The van der Waals surface area contributed by atoms with Gasteiger partial charge in [-0.25, -0.2) is 0 Å². The molecular formula is C20H26N4O4. The Balaban J connectivity index is 1.64. The standard InChI is InChI=1S/C20H26N4O4/c1-14-21-17(22-28-14)13-27-16-8-6-5-7-15(16)18(25)23-9-11-24(12-10-23)19(26)20(2,3)4/h5-8H,9-13H2,1-4H3. The molecule has 2 amide bonds. The molecule has 0 bridgehead atoms. The lowest BCUT2D eigenvalue weighted by atomic mass is 9.94. The van der Waals surface area contributed by atoms with Crippen LogP contribution in [0.2, 0.25) is 0 Å². The van der Waals surface area contributed by atoms with Crippen molar-refractivity contribution in [2.24, 2.45) is 5.41 Å². The number of carbonyl (C=O) groups excluding carboxylic acids is 2. The maximum absolute atomic E-state index is 13.0. The van der Waals surface area contributed by atoms with Crippen LogP contribution in [0.15, 0.2) is 28.8 Å². The Hall–Kier alpha value is -2.90. The maximum atomic E-state index is 13.0. The molecule has 0 spiro atoms. The van der Waals surface area contributed by atoms with Crippen molar-refractivity contribution in [2.75, 3.05) is 26.2 Å². The lowest BCUT2D eigenvalue weighted by molar-refractivity contribution is -0.140. The van der Waals surface area contributed by atoms with E-state index in [1.54, 1.807) is 30.0 Å². The third kappa shape index (κ3) is 4.49. The summed E-state index contributed by atoms with van der Waals surface area (Å²) in [6.45, 7) is 9.62. The van der Waals surface area contributed by atoms with Crippen LogP contribution in [0.3, 0.4) is 0 Å². The molecule has 150 valence electrons. The molecule has 0 unspecified atom stereocenters. The Kier molecular flexibility index (Phi) is 5.67. The summed E-state index contributed by atoms with van der Waals surface area (Å²) in [6.07, 6.45) is 0. The number of nitrogens with zero attached hydrogens (tertiary/aromatic N) is 4. The highest BCUT2D eigenvalue weighted by molar-refractivity contribution is 5.97. The zero-order valence-corrected chi connectivity index (χ0v) is 16.8. The molecule has 0 N–H and O–H groups in total. The van der Waals surface area contributed by atoms with Crippen molar-refractivity contribution in [3.8, 4) is 5.75 Å². The second-order valence-electron chi connectivity index (χ2n) is 7.85. The first-order chi connectivity index (χ1) is 13.3. The molecule has 2 aromatic rings. The zero-order chi connectivity index (χ0) is 20.3. The van der Waals surface area contributed by atoms with E-state index < -0.39 is 5.41 Å². The van der Waals surface area contributed by atoms with Crippen molar-refractivity contribution < 1.29 is 18.8 Å². The summed E-state index contributed by atoms with van der Waals surface area (Å²) in [5.41, 5.74) is 0.0680. The van der Waals surface area contributed by atoms with Gasteiger partial charge in [0.25, 0.3) is 5.91 Å². The first-order valence-electron chi connectivity index (χ1n) is 9.35. The van der Waals surface area contributed by atoms with Crippen LogP contribution in [0.5, 0.6) is 5.75 Å². The van der Waals surface area contributed by atoms with E-state index in [4.69, 9.17) is 9.26 Å². The Morgan fingerprint density at radius 2 is 1.75 bits per heavy atom. The zero-order valence-electron chi connectivity index (χ0n) is 16.8. The number of amides is 2.